The molecule has 2 amide bonds. The number of aryl methyl sites for hydroxylation is 2. The quantitative estimate of drug-likeness (QED) is 0.305. The number of carbonyl (C=O) groups is 2. The van der Waals surface area contributed by atoms with Crippen LogP contribution in [0, 0.1) is 0 Å². The van der Waals surface area contributed by atoms with E-state index in [4.69, 9.17) is 0 Å². The van der Waals surface area contributed by atoms with Gasteiger partial charge in [-0.25, -0.2) is 9.97 Å². The summed E-state index contributed by atoms with van der Waals surface area (Å²) in [7, 11) is 0. The maximum atomic E-state index is 12.9. The summed E-state index contributed by atoms with van der Waals surface area (Å²) in [5.74, 6) is -0.329. The number of hydrogen-bond acceptors (Lipinski definition) is 6. The van der Waals surface area contributed by atoms with Crippen LogP contribution in [0.25, 0.3) is 10.2 Å². The van der Waals surface area contributed by atoms with Gasteiger partial charge in [0.25, 0.3) is 11.8 Å². The number of aromatic nitrogens is 2. The Bertz CT molecular complexity index is 1320. The van der Waals surface area contributed by atoms with E-state index in [0.29, 0.717) is 24.2 Å². The van der Waals surface area contributed by atoms with E-state index >= 15 is 0 Å². The molecule has 6 nitrogen and oxygen atoms in total. The molecule has 1 aliphatic carbocycles. The lowest BCUT2D eigenvalue weighted by Gasteiger charge is -2.11. The second-order valence-electron chi connectivity index (χ2n) is 7.69. The lowest BCUT2D eigenvalue weighted by atomic mass is 10.2. The van der Waals surface area contributed by atoms with Gasteiger partial charge in [0, 0.05) is 33.8 Å². The first-order valence-electron chi connectivity index (χ1n) is 10.8. The second-order valence-corrected chi connectivity index (χ2v) is 9.81. The molecule has 0 atom stereocenters. The number of amides is 2. The average molecular weight is 475 g/mol. The van der Waals surface area contributed by atoms with Crippen molar-refractivity contribution >= 4 is 45.1 Å². The van der Waals surface area contributed by atoms with Crippen LogP contribution < -0.4 is 10.6 Å². The standard InChI is InChI=1S/C25H22N4O2S2/c30-22(16-7-2-1-3-8-16)26-13-14-27-23(31)18-9-4-5-11-20(18)33-25-21-17-10-6-12-19(17)32-24(21)28-15-29-25/h1-5,7-9,11,15H,6,10,12-14H2,(H,26,30)(H,27,31). The lowest BCUT2D eigenvalue weighted by molar-refractivity contribution is 0.0926. The van der Waals surface area contributed by atoms with E-state index in [2.05, 4.69) is 20.6 Å². The van der Waals surface area contributed by atoms with E-state index in [1.54, 1.807) is 29.8 Å². The predicted octanol–water partition coefficient (Wildman–Crippen LogP) is 4.49. The van der Waals surface area contributed by atoms with Gasteiger partial charge in [-0.15, -0.1) is 11.3 Å². The molecule has 166 valence electrons. The van der Waals surface area contributed by atoms with Crippen LogP contribution in [0.4, 0.5) is 0 Å². The predicted molar refractivity (Wildman–Crippen MR) is 131 cm³/mol. The summed E-state index contributed by atoms with van der Waals surface area (Å²) in [4.78, 5) is 37.4. The van der Waals surface area contributed by atoms with Crippen LogP contribution in [0.2, 0.25) is 0 Å². The van der Waals surface area contributed by atoms with Crippen molar-refractivity contribution in [2.75, 3.05) is 13.1 Å². The van der Waals surface area contributed by atoms with Gasteiger partial charge in [0.15, 0.2) is 0 Å². The number of hydrogen-bond donors (Lipinski definition) is 2. The van der Waals surface area contributed by atoms with Gasteiger partial charge in [-0.3, -0.25) is 9.59 Å². The molecule has 2 N–H and O–H groups in total. The Labute approximate surface area is 199 Å². The van der Waals surface area contributed by atoms with Gasteiger partial charge in [-0.05, 0) is 49.1 Å². The van der Waals surface area contributed by atoms with Crippen molar-refractivity contribution < 1.29 is 9.59 Å². The first-order chi connectivity index (χ1) is 16.2. The highest BCUT2D eigenvalue weighted by Crippen LogP contribution is 2.42. The number of rotatable bonds is 7. The van der Waals surface area contributed by atoms with Gasteiger partial charge in [-0.2, -0.15) is 0 Å². The van der Waals surface area contributed by atoms with Crippen LogP contribution >= 0.6 is 23.1 Å². The molecule has 0 unspecified atom stereocenters. The number of carbonyl (C=O) groups excluding carboxylic acids is 2. The van der Waals surface area contributed by atoms with Crippen LogP contribution in [0.3, 0.4) is 0 Å². The molecule has 8 heteroatoms. The van der Waals surface area contributed by atoms with Crippen molar-refractivity contribution in [1.82, 2.24) is 20.6 Å². The molecule has 4 aromatic rings. The molecule has 0 bridgehead atoms. The summed E-state index contributed by atoms with van der Waals surface area (Å²) in [5.41, 5.74) is 2.56. The van der Waals surface area contributed by atoms with Gasteiger partial charge < -0.3 is 10.6 Å². The average Bonchev–Trinajstić information content (AvgIpc) is 3.44. The fourth-order valence-corrected chi connectivity index (χ4v) is 6.30. The van der Waals surface area contributed by atoms with Crippen molar-refractivity contribution in [3.63, 3.8) is 0 Å². The Balaban J connectivity index is 1.26. The normalized spacial score (nSPS) is 12.5. The summed E-state index contributed by atoms with van der Waals surface area (Å²) in [6.07, 6.45) is 4.96. The zero-order chi connectivity index (χ0) is 22.6. The molecule has 2 aromatic carbocycles. The van der Waals surface area contributed by atoms with Crippen LogP contribution in [-0.4, -0.2) is 34.9 Å². The van der Waals surface area contributed by atoms with Crippen LogP contribution in [-0.2, 0) is 12.8 Å². The molecule has 2 heterocycles. The Kier molecular flexibility index (Phi) is 6.37. The van der Waals surface area contributed by atoms with E-state index in [1.807, 2.05) is 42.5 Å². The Hall–Kier alpha value is -3.23. The molecule has 0 saturated heterocycles. The minimum atomic E-state index is -0.173. The third-order valence-corrected chi connectivity index (χ3v) is 7.82. The minimum absolute atomic E-state index is 0.156. The lowest BCUT2D eigenvalue weighted by Crippen LogP contribution is -2.34. The Morgan fingerprint density at radius 3 is 2.52 bits per heavy atom. The molecule has 0 radical (unpaired) electrons. The molecule has 0 saturated carbocycles. The highest BCUT2D eigenvalue weighted by atomic mass is 32.2. The van der Waals surface area contributed by atoms with Crippen molar-refractivity contribution in [1.29, 1.82) is 0 Å². The van der Waals surface area contributed by atoms with Gasteiger partial charge >= 0.3 is 0 Å². The van der Waals surface area contributed by atoms with Gasteiger partial charge in [0.1, 0.15) is 16.2 Å². The van der Waals surface area contributed by atoms with E-state index < -0.39 is 0 Å². The molecule has 1 aliphatic rings. The highest BCUT2D eigenvalue weighted by molar-refractivity contribution is 7.99. The number of thiophene rings is 1. The topological polar surface area (TPSA) is 84.0 Å². The van der Waals surface area contributed by atoms with Crippen molar-refractivity contribution in [3.8, 4) is 0 Å². The van der Waals surface area contributed by atoms with Crippen LogP contribution in [0.1, 0.15) is 37.6 Å². The fourth-order valence-electron chi connectivity index (χ4n) is 3.96. The SMILES string of the molecule is O=C(NCCNC(=O)c1ccccc1Sc1ncnc2sc3c(c12)CCC3)c1ccccc1. The second kappa shape index (κ2) is 9.72. The largest absolute Gasteiger partial charge is 0.350 e. The summed E-state index contributed by atoms with van der Waals surface area (Å²) < 4.78 is 0. The maximum Gasteiger partial charge on any atom is 0.252 e. The monoisotopic (exact) mass is 474 g/mol. The van der Waals surface area contributed by atoms with E-state index in [0.717, 1.165) is 33.0 Å². The third kappa shape index (κ3) is 4.62. The third-order valence-electron chi connectivity index (χ3n) is 5.54. The van der Waals surface area contributed by atoms with Crippen LogP contribution in [0.5, 0.6) is 0 Å². The van der Waals surface area contributed by atoms with E-state index in [1.165, 1.54) is 28.6 Å². The molecule has 0 fully saturated rings. The van der Waals surface area contributed by atoms with Crippen molar-refractivity contribution in [2.45, 2.75) is 29.2 Å². The molecule has 2 aromatic heterocycles. The summed E-state index contributed by atoms with van der Waals surface area (Å²) in [6, 6.07) is 16.6. The smallest absolute Gasteiger partial charge is 0.252 e. The van der Waals surface area contributed by atoms with Crippen molar-refractivity contribution in [3.05, 3.63) is 82.5 Å². The van der Waals surface area contributed by atoms with Gasteiger partial charge in [0.05, 0.1) is 5.56 Å². The van der Waals surface area contributed by atoms with E-state index in [9.17, 15) is 9.59 Å². The first kappa shape index (κ1) is 21.6. The number of fused-ring (bicyclic) bond motifs is 3. The zero-order valence-corrected chi connectivity index (χ0v) is 19.5. The van der Waals surface area contributed by atoms with Gasteiger partial charge in [-0.1, -0.05) is 42.1 Å². The molecule has 33 heavy (non-hydrogen) atoms. The summed E-state index contributed by atoms with van der Waals surface area (Å²) >= 11 is 3.27. The molecule has 0 spiro atoms. The number of nitrogens with zero attached hydrogens (tertiary/aromatic N) is 2. The first-order valence-corrected chi connectivity index (χ1v) is 12.5. The fraction of sp³-hybridized carbons (Fsp3) is 0.200. The van der Waals surface area contributed by atoms with Crippen LogP contribution in [0.15, 0.2) is 70.8 Å². The summed E-state index contributed by atoms with van der Waals surface area (Å²) in [5, 5.41) is 7.77. The molecule has 5 rings (SSSR count). The Morgan fingerprint density at radius 1 is 0.909 bits per heavy atom. The van der Waals surface area contributed by atoms with Crippen molar-refractivity contribution in [2.24, 2.45) is 0 Å². The van der Waals surface area contributed by atoms with E-state index in [-0.39, 0.29) is 11.8 Å². The number of benzene rings is 2. The highest BCUT2D eigenvalue weighted by Gasteiger charge is 2.22. The minimum Gasteiger partial charge on any atom is -0.350 e. The Morgan fingerprint density at radius 2 is 1.67 bits per heavy atom. The maximum absolute atomic E-state index is 12.9. The molecular formula is C25H22N4O2S2. The molecule has 0 aliphatic heterocycles. The van der Waals surface area contributed by atoms with Gasteiger partial charge in [0.2, 0.25) is 0 Å². The summed E-state index contributed by atoms with van der Waals surface area (Å²) in [6.45, 7) is 0.689. The number of nitrogens with one attached hydrogen (secondary N) is 2. The zero-order valence-electron chi connectivity index (χ0n) is 17.8. The molecular weight excluding hydrogens is 452 g/mol.